The number of para-hydroxylation sites is 1. The van der Waals surface area contributed by atoms with Crippen LogP contribution < -0.4 is 4.74 Å². The molecule has 0 spiro atoms. The Bertz CT molecular complexity index is 499. The molecule has 0 saturated carbocycles. The lowest BCUT2D eigenvalue weighted by molar-refractivity contribution is 0.147. The van der Waals surface area contributed by atoms with Crippen molar-refractivity contribution in [3.8, 4) is 5.75 Å². The normalized spacial score (nSPS) is 10.7. The summed E-state index contributed by atoms with van der Waals surface area (Å²) in [5, 5.41) is 10.1. The van der Waals surface area contributed by atoms with Gasteiger partial charge in [0.05, 0.1) is 24.4 Å². The zero-order chi connectivity index (χ0) is 12.1. The molecule has 0 saturated heterocycles. The topological polar surface area (TPSA) is 51.6 Å². The summed E-state index contributed by atoms with van der Waals surface area (Å²) in [7, 11) is 1.63. The first-order valence-electron chi connectivity index (χ1n) is 5.46. The standard InChI is InChI=1S/C13H15NO3/c1-16-6-7-17-13-8-10(9-15)14-12-5-3-2-4-11(12)13/h2-5,8,15H,6-7,9H2,1H3. The lowest BCUT2D eigenvalue weighted by Crippen LogP contribution is -2.05. The summed E-state index contributed by atoms with van der Waals surface area (Å²) in [5.41, 5.74) is 1.43. The summed E-state index contributed by atoms with van der Waals surface area (Å²) < 4.78 is 10.6. The second kappa shape index (κ2) is 5.61. The zero-order valence-electron chi connectivity index (χ0n) is 9.72. The van der Waals surface area contributed by atoms with Gasteiger partial charge in [-0.1, -0.05) is 12.1 Å². The van der Waals surface area contributed by atoms with Crippen molar-refractivity contribution in [3.63, 3.8) is 0 Å². The monoisotopic (exact) mass is 233 g/mol. The van der Waals surface area contributed by atoms with Crippen molar-refractivity contribution >= 4 is 10.9 Å². The molecule has 17 heavy (non-hydrogen) atoms. The Morgan fingerprint density at radius 1 is 1.24 bits per heavy atom. The van der Waals surface area contributed by atoms with Crippen LogP contribution in [0, 0.1) is 0 Å². The Morgan fingerprint density at radius 2 is 2.06 bits per heavy atom. The van der Waals surface area contributed by atoms with Crippen LogP contribution in [0.15, 0.2) is 30.3 Å². The van der Waals surface area contributed by atoms with Gasteiger partial charge in [0.2, 0.25) is 0 Å². The summed E-state index contributed by atoms with van der Waals surface area (Å²) in [6.45, 7) is 0.923. The van der Waals surface area contributed by atoms with Crippen LogP contribution in [0.3, 0.4) is 0 Å². The molecule has 0 fully saturated rings. The van der Waals surface area contributed by atoms with Crippen molar-refractivity contribution in [3.05, 3.63) is 36.0 Å². The minimum Gasteiger partial charge on any atom is -0.490 e. The van der Waals surface area contributed by atoms with Crippen molar-refractivity contribution in [1.82, 2.24) is 4.98 Å². The maximum Gasteiger partial charge on any atom is 0.130 e. The molecular weight excluding hydrogens is 218 g/mol. The van der Waals surface area contributed by atoms with E-state index in [1.54, 1.807) is 13.2 Å². The molecule has 0 bridgehead atoms. The quantitative estimate of drug-likeness (QED) is 0.799. The SMILES string of the molecule is COCCOc1cc(CO)nc2ccccc12. The molecule has 0 radical (unpaired) electrons. The molecule has 0 aliphatic heterocycles. The smallest absolute Gasteiger partial charge is 0.130 e. The van der Waals surface area contributed by atoms with Crippen LogP contribution in [0.25, 0.3) is 10.9 Å². The number of fused-ring (bicyclic) bond motifs is 1. The van der Waals surface area contributed by atoms with Gasteiger partial charge in [0, 0.05) is 18.6 Å². The third-order valence-corrected chi connectivity index (χ3v) is 2.44. The summed E-state index contributed by atoms with van der Waals surface area (Å²) in [5.74, 6) is 0.733. The molecule has 1 aromatic heterocycles. The fraction of sp³-hybridized carbons (Fsp3) is 0.308. The van der Waals surface area contributed by atoms with Crippen LogP contribution in [-0.4, -0.2) is 30.4 Å². The van der Waals surface area contributed by atoms with Gasteiger partial charge in [-0.05, 0) is 12.1 Å². The van der Waals surface area contributed by atoms with Gasteiger partial charge in [-0.3, -0.25) is 4.98 Å². The van der Waals surface area contributed by atoms with Gasteiger partial charge < -0.3 is 14.6 Å². The van der Waals surface area contributed by atoms with E-state index in [0.29, 0.717) is 18.9 Å². The van der Waals surface area contributed by atoms with Crippen molar-refractivity contribution < 1.29 is 14.6 Å². The van der Waals surface area contributed by atoms with E-state index >= 15 is 0 Å². The van der Waals surface area contributed by atoms with Crippen molar-refractivity contribution in [2.45, 2.75) is 6.61 Å². The minimum atomic E-state index is -0.0918. The third-order valence-electron chi connectivity index (χ3n) is 2.44. The number of rotatable bonds is 5. The predicted octanol–water partition coefficient (Wildman–Crippen LogP) is 1.75. The number of aliphatic hydroxyl groups excluding tert-OH is 1. The number of aliphatic hydroxyl groups is 1. The number of aromatic nitrogens is 1. The molecule has 0 unspecified atom stereocenters. The van der Waals surface area contributed by atoms with E-state index < -0.39 is 0 Å². The fourth-order valence-corrected chi connectivity index (χ4v) is 1.63. The fourth-order valence-electron chi connectivity index (χ4n) is 1.63. The van der Waals surface area contributed by atoms with Crippen molar-refractivity contribution in [1.29, 1.82) is 0 Å². The van der Waals surface area contributed by atoms with Crippen molar-refractivity contribution in [2.75, 3.05) is 20.3 Å². The van der Waals surface area contributed by atoms with E-state index in [1.807, 2.05) is 24.3 Å². The Balaban J connectivity index is 2.36. The van der Waals surface area contributed by atoms with Gasteiger partial charge in [0.15, 0.2) is 0 Å². The summed E-state index contributed by atoms with van der Waals surface area (Å²) in [6, 6.07) is 9.46. The molecule has 90 valence electrons. The highest BCUT2D eigenvalue weighted by atomic mass is 16.5. The minimum absolute atomic E-state index is 0.0918. The van der Waals surface area contributed by atoms with E-state index in [4.69, 9.17) is 14.6 Å². The molecule has 0 aliphatic carbocycles. The summed E-state index contributed by atoms with van der Waals surface area (Å²) >= 11 is 0. The zero-order valence-corrected chi connectivity index (χ0v) is 9.72. The molecule has 1 heterocycles. The first-order valence-corrected chi connectivity index (χ1v) is 5.46. The molecule has 2 aromatic rings. The van der Waals surface area contributed by atoms with Crippen LogP contribution in [0.1, 0.15) is 5.69 Å². The largest absolute Gasteiger partial charge is 0.490 e. The number of nitrogens with zero attached hydrogens (tertiary/aromatic N) is 1. The highest BCUT2D eigenvalue weighted by Crippen LogP contribution is 2.25. The lowest BCUT2D eigenvalue weighted by atomic mass is 10.2. The maximum atomic E-state index is 9.15. The molecule has 0 amide bonds. The van der Waals surface area contributed by atoms with Crippen molar-refractivity contribution in [2.24, 2.45) is 0 Å². The Kier molecular flexibility index (Phi) is 3.90. The molecule has 1 N–H and O–H groups in total. The Labute approximate surface area is 99.8 Å². The van der Waals surface area contributed by atoms with Gasteiger partial charge in [-0.15, -0.1) is 0 Å². The van der Waals surface area contributed by atoms with Crippen LogP contribution in [0.5, 0.6) is 5.75 Å². The highest BCUT2D eigenvalue weighted by Gasteiger charge is 2.05. The predicted molar refractivity (Wildman–Crippen MR) is 65.0 cm³/mol. The number of hydrogen-bond donors (Lipinski definition) is 1. The molecule has 4 heteroatoms. The van der Waals surface area contributed by atoms with Gasteiger partial charge >= 0.3 is 0 Å². The van der Waals surface area contributed by atoms with Crippen LogP contribution in [0.2, 0.25) is 0 Å². The Hall–Kier alpha value is -1.65. The first-order chi connectivity index (χ1) is 8.35. The number of ether oxygens (including phenoxy) is 2. The number of hydrogen-bond acceptors (Lipinski definition) is 4. The van der Waals surface area contributed by atoms with E-state index in [0.717, 1.165) is 16.7 Å². The van der Waals surface area contributed by atoms with Crippen LogP contribution in [0.4, 0.5) is 0 Å². The molecule has 2 rings (SSSR count). The summed E-state index contributed by atoms with van der Waals surface area (Å²) in [4.78, 5) is 4.32. The number of methoxy groups -OCH3 is 1. The second-order valence-electron chi connectivity index (χ2n) is 3.63. The Morgan fingerprint density at radius 3 is 2.82 bits per heavy atom. The molecule has 4 nitrogen and oxygen atoms in total. The molecule has 1 aromatic carbocycles. The molecular formula is C13H15NO3. The summed E-state index contributed by atoms with van der Waals surface area (Å²) in [6.07, 6.45) is 0. The van der Waals surface area contributed by atoms with Gasteiger partial charge in [-0.2, -0.15) is 0 Å². The van der Waals surface area contributed by atoms with Crippen LogP contribution in [-0.2, 0) is 11.3 Å². The molecule has 0 atom stereocenters. The van der Waals surface area contributed by atoms with E-state index in [2.05, 4.69) is 4.98 Å². The average Bonchev–Trinajstić information content (AvgIpc) is 2.38. The second-order valence-corrected chi connectivity index (χ2v) is 3.63. The van der Waals surface area contributed by atoms with E-state index in [1.165, 1.54) is 0 Å². The third kappa shape index (κ3) is 2.72. The van der Waals surface area contributed by atoms with E-state index in [-0.39, 0.29) is 6.61 Å². The van der Waals surface area contributed by atoms with Gasteiger partial charge in [0.25, 0.3) is 0 Å². The van der Waals surface area contributed by atoms with Crippen LogP contribution >= 0.6 is 0 Å². The number of pyridine rings is 1. The highest BCUT2D eigenvalue weighted by molar-refractivity contribution is 5.85. The van der Waals surface area contributed by atoms with E-state index in [9.17, 15) is 0 Å². The maximum absolute atomic E-state index is 9.15. The average molecular weight is 233 g/mol. The van der Waals surface area contributed by atoms with Gasteiger partial charge in [0.1, 0.15) is 12.4 Å². The van der Waals surface area contributed by atoms with Gasteiger partial charge in [-0.25, -0.2) is 0 Å². The first kappa shape index (κ1) is 11.8. The molecule has 0 aliphatic rings. The lowest BCUT2D eigenvalue weighted by Gasteiger charge is -2.10. The number of benzene rings is 1.